The van der Waals surface area contributed by atoms with Gasteiger partial charge in [-0.3, -0.25) is 0 Å². The average Bonchev–Trinajstić information content (AvgIpc) is 2.67. The molecule has 0 amide bonds. The third kappa shape index (κ3) is 27.9. The van der Waals surface area contributed by atoms with Gasteiger partial charge in [0.05, 0.1) is 0 Å². The van der Waals surface area contributed by atoms with Crippen molar-refractivity contribution < 1.29 is 5.11 Å². The topological polar surface area (TPSA) is 72.3 Å². The first-order chi connectivity index (χ1) is 12.7. The molecule has 0 unspecified atom stereocenters. The minimum atomic E-state index is 0.322. The zero-order valence-corrected chi connectivity index (χ0v) is 17.7. The third-order valence-corrected chi connectivity index (χ3v) is 3.90. The first-order valence-electron chi connectivity index (χ1n) is 10.1. The van der Waals surface area contributed by atoms with Crippen LogP contribution in [-0.4, -0.2) is 23.9 Å². The molecule has 0 aliphatic rings. The Balaban J connectivity index is 0. The highest BCUT2D eigenvalue weighted by molar-refractivity contribution is 7.80. The first-order valence-corrected chi connectivity index (χ1v) is 10.8. The summed E-state index contributed by atoms with van der Waals surface area (Å²) in [5.41, 5.74) is 10.6. The quantitative estimate of drug-likeness (QED) is 0.213. The van der Waals surface area contributed by atoms with Gasteiger partial charge in [-0.1, -0.05) is 56.5 Å². The molecule has 152 valence electrons. The van der Waals surface area contributed by atoms with Gasteiger partial charge in [0.15, 0.2) is 0 Å². The second-order valence-electron chi connectivity index (χ2n) is 6.16. The van der Waals surface area contributed by atoms with E-state index in [1.54, 1.807) is 24.3 Å². The molecule has 0 heterocycles. The van der Waals surface area contributed by atoms with Crippen molar-refractivity contribution in [1.29, 1.82) is 0 Å². The lowest BCUT2D eigenvalue weighted by molar-refractivity contribution is 0.475. The molecule has 0 fully saturated rings. The number of thiol groups is 1. The number of unbranched alkanes of at least 4 members (excludes halogenated alkanes) is 7. The van der Waals surface area contributed by atoms with Crippen molar-refractivity contribution in [2.75, 3.05) is 18.8 Å². The van der Waals surface area contributed by atoms with Crippen molar-refractivity contribution in [3.63, 3.8) is 0 Å². The number of aromatic hydroxyl groups is 1. The Morgan fingerprint density at radius 2 is 1.35 bits per heavy atom. The fourth-order valence-electron chi connectivity index (χ4n) is 2.02. The van der Waals surface area contributed by atoms with Gasteiger partial charge < -0.3 is 16.6 Å². The lowest BCUT2D eigenvalue weighted by Crippen LogP contribution is -1.96. The maximum absolute atomic E-state index is 8.63. The van der Waals surface area contributed by atoms with Crippen LogP contribution in [0.5, 0.6) is 5.75 Å². The number of hydrogen-bond acceptors (Lipinski definition) is 4. The van der Waals surface area contributed by atoms with Gasteiger partial charge in [0.1, 0.15) is 5.75 Å². The van der Waals surface area contributed by atoms with Crippen LogP contribution < -0.4 is 11.5 Å². The van der Waals surface area contributed by atoms with Crippen LogP contribution in [0.15, 0.2) is 42.5 Å². The normalized spacial score (nSPS) is 10.0. The Labute approximate surface area is 167 Å². The van der Waals surface area contributed by atoms with E-state index in [1.807, 2.05) is 6.07 Å². The van der Waals surface area contributed by atoms with Gasteiger partial charge >= 0.3 is 0 Å². The molecule has 0 aliphatic heterocycles. The Morgan fingerprint density at radius 1 is 0.808 bits per heavy atom. The second kappa shape index (κ2) is 26.3. The summed E-state index contributed by atoms with van der Waals surface area (Å²) in [4.78, 5) is 0. The third-order valence-electron chi connectivity index (χ3n) is 3.58. The Kier molecular flexibility index (Phi) is 27.5. The van der Waals surface area contributed by atoms with E-state index >= 15 is 0 Å². The molecule has 5 N–H and O–H groups in total. The van der Waals surface area contributed by atoms with Gasteiger partial charge in [0, 0.05) is 0 Å². The Hall–Kier alpha value is -0.970. The van der Waals surface area contributed by atoms with Gasteiger partial charge in [-0.05, 0) is 75.9 Å². The van der Waals surface area contributed by atoms with Crippen molar-refractivity contribution >= 4 is 12.6 Å². The lowest BCUT2D eigenvalue weighted by Gasteiger charge is -1.94. The second-order valence-corrected chi connectivity index (χ2v) is 6.61. The van der Waals surface area contributed by atoms with Crippen molar-refractivity contribution in [1.82, 2.24) is 0 Å². The molecular weight excluding hydrogens is 340 g/mol. The van der Waals surface area contributed by atoms with Crippen molar-refractivity contribution in [3.8, 4) is 5.75 Å². The zero-order chi connectivity index (χ0) is 19.7. The standard InChI is InChI=1S/C11H23NS.C6H6O.C5H13N/c12-10-8-6-4-2-1-3-5-7-9-11-13;7-6-4-2-1-3-5-6;1-2-3-4-5-6/h1-2,13H,3-12H2;1-5,7H;2-6H2,1H3/b2-1-;;. The number of nitrogens with two attached hydrogens (primary N) is 2. The molecule has 4 heteroatoms. The minimum absolute atomic E-state index is 0.322. The van der Waals surface area contributed by atoms with E-state index in [0.717, 1.165) is 25.3 Å². The summed E-state index contributed by atoms with van der Waals surface area (Å²) < 4.78 is 0. The highest BCUT2D eigenvalue weighted by atomic mass is 32.1. The Bertz CT molecular complexity index is 368. The number of phenols is 1. The highest BCUT2D eigenvalue weighted by Gasteiger charge is 1.85. The molecule has 0 saturated carbocycles. The predicted octanol–water partition coefficient (Wildman–Crippen LogP) is 5.69. The van der Waals surface area contributed by atoms with Gasteiger partial charge in [-0.2, -0.15) is 12.6 Å². The lowest BCUT2D eigenvalue weighted by atomic mass is 10.1. The molecule has 3 nitrogen and oxygen atoms in total. The average molecular weight is 383 g/mol. The van der Waals surface area contributed by atoms with Crippen LogP contribution in [0.3, 0.4) is 0 Å². The SMILES string of the molecule is CCCCCN.NCCCC/C=C\CCCCCS.Oc1ccccc1. The first kappa shape index (κ1) is 27.3. The molecule has 0 bridgehead atoms. The van der Waals surface area contributed by atoms with Crippen molar-refractivity contribution in [3.05, 3.63) is 42.5 Å². The fraction of sp³-hybridized carbons (Fsp3) is 0.636. The van der Waals surface area contributed by atoms with Crippen LogP contribution in [0.25, 0.3) is 0 Å². The van der Waals surface area contributed by atoms with E-state index in [4.69, 9.17) is 16.6 Å². The molecule has 0 aromatic heterocycles. The smallest absolute Gasteiger partial charge is 0.115 e. The molecule has 0 saturated heterocycles. The monoisotopic (exact) mass is 382 g/mol. The number of hydrogen-bond donors (Lipinski definition) is 4. The van der Waals surface area contributed by atoms with Crippen LogP contribution in [0.1, 0.15) is 71.1 Å². The maximum atomic E-state index is 8.63. The van der Waals surface area contributed by atoms with E-state index in [0.29, 0.717) is 5.75 Å². The molecular formula is C22H42N2OS. The summed E-state index contributed by atoms with van der Waals surface area (Å²) >= 11 is 4.17. The van der Waals surface area contributed by atoms with Crippen molar-refractivity contribution in [2.45, 2.75) is 71.1 Å². The molecule has 0 aliphatic carbocycles. The van der Waals surface area contributed by atoms with E-state index in [1.165, 1.54) is 57.8 Å². The summed E-state index contributed by atoms with van der Waals surface area (Å²) in [5.74, 6) is 1.35. The van der Waals surface area contributed by atoms with E-state index in [2.05, 4.69) is 31.7 Å². The van der Waals surface area contributed by atoms with Gasteiger partial charge in [0.25, 0.3) is 0 Å². The number of para-hydroxylation sites is 1. The summed E-state index contributed by atoms with van der Waals surface area (Å²) in [7, 11) is 0. The molecule has 0 radical (unpaired) electrons. The molecule has 1 rings (SSSR count). The fourth-order valence-corrected chi connectivity index (χ4v) is 2.24. The number of allylic oxidation sites excluding steroid dienone is 2. The number of rotatable bonds is 12. The van der Waals surface area contributed by atoms with Crippen LogP contribution in [0.2, 0.25) is 0 Å². The predicted molar refractivity (Wildman–Crippen MR) is 121 cm³/mol. The molecule has 0 atom stereocenters. The Morgan fingerprint density at radius 3 is 1.73 bits per heavy atom. The molecule has 1 aromatic carbocycles. The summed E-state index contributed by atoms with van der Waals surface area (Å²) in [6.07, 6.45) is 17.1. The molecule has 0 spiro atoms. The number of phenolic OH excluding ortho intramolecular Hbond substituents is 1. The largest absolute Gasteiger partial charge is 0.508 e. The molecule has 26 heavy (non-hydrogen) atoms. The van der Waals surface area contributed by atoms with Crippen LogP contribution in [0.4, 0.5) is 0 Å². The van der Waals surface area contributed by atoms with Gasteiger partial charge in [-0.25, -0.2) is 0 Å². The van der Waals surface area contributed by atoms with E-state index in [9.17, 15) is 0 Å². The van der Waals surface area contributed by atoms with Crippen LogP contribution in [0, 0.1) is 0 Å². The summed E-state index contributed by atoms with van der Waals surface area (Å²) in [6.45, 7) is 3.86. The number of benzene rings is 1. The van der Waals surface area contributed by atoms with E-state index in [-0.39, 0.29) is 0 Å². The van der Waals surface area contributed by atoms with Crippen LogP contribution in [-0.2, 0) is 0 Å². The summed E-state index contributed by atoms with van der Waals surface area (Å²) in [6, 6.07) is 8.71. The van der Waals surface area contributed by atoms with Gasteiger partial charge in [0.2, 0.25) is 0 Å². The van der Waals surface area contributed by atoms with Crippen molar-refractivity contribution in [2.24, 2.45) is 11.5 Å². The molecule has 1 aromatic rings. The summed E-state index contributed by atoms with van der Waals surface area (Å²) in [5, 5.41) is 8.63. The highest BCUT2D eigenvalue weighted by Crippen LogP contribution is 2.03. The maximum Gasteiger partial charge on any atom is 0.115 e. The van der Waals surface area contributed by atoms with Crippen LogP contribution >= 0.6 is 12.6 Å². The van der Waals surface area contributed by atoms with Gasteiger partial charge in [-0.15, -0.1) is 0 Å². The van der Waals surface area contributed by atoms with E-state index < -0.39 is 0 Å². The zero-order valence-electron chi connectivity index (χ0n) is 16.8. The minimum Gasteiger partial charge on any atom is -0.508 e.